The first kappa shape index (κ1) is 13.1. The average molecular weight is 276 g/mol. The van der Waals surface area contributed by atoms with Crippen LogP contribution in [0, 0.1) is 0 Å². The van der Waals surface area contributed by atoms with Gasteiger partial charge in [-0.25, -0.2) is 4.98 Å². The summed E-state index contributed by atoms with van der Waals surface area (Å²) >= 11 is 0. The molecule has 2 aromatic carbocycles. The molecule has 3 N–H and O–H groups in total. The maximum atomic E-state index is 5.84. The van der Waals surface area contributed by atoms with E-state index in [0.717, 1.165) is 17.1 Å². The van der Waals surface area contributed by atoms with E-state index in [1.54, 1.807) is 12.4 Å². The zero-order valence-electron chi connectivity index (χ0n) is 11.5. The molecule has 1 heterocycles. The summed E-state index contributed by atoms with van der Waals surface area (Å²) in [6.07, 6.45) is 3.37. The van der Waals surface area contributed by atoms with Crippen molar-refractivity contribution >= 4 is 11.5 Å². The van der Waals surface area contributed by atoms with E-state index in [1.807, 2.05) is 42.5 Å². The molecule has 0 saturated heterocycles. The Labute approximate surface area is 123 Å². The molecule has 0 aliphatic heterocycles. The van der Waals surface area contributed by atoms with E-state index in [9.17, 15) is 0 Å². The van der Waals surface area contributed by atoms with Crippen LogP contribution in [-0.4, -0.2) is 9.97 Å². The zero-order valence-corrected chi connectivity index (χ0v) is 11.5. The fraction of sp³-hybridized carbons (Fsp3) is 0.0588. The lowest BCUT2D eigenvalue weighted by Gasteiger charge is -2.10. The highest BCUT2D eigenvalue weighted by Crippen LogP contribution is 2.25. The van der Waals surface area contributed by atoms with E-state index in [1.165, 1.54) is 5.56 Å². The quantitative estimate of drug-likeness (QED) is 0.717. The van der Waals surface area contributed by atoms with Crippen LogP contribution in [0.4, 0.5) is 11.5 Å². The minimum Gasteiger partial charge on any atom is -0.399 e. The van der Waals surface area contributed by atoms with Gasteiger partial charge in [-0.1, -0.05) is 42.5 Å². The van der Waals surface area contributed by atoms with E-state index in [-0.39, 0.29) is 0 Å². The SMILES string of the molecule is Nc1cccc(-c2nccnc2NCc2ccccc2)c1. The maximum Gasteiger partial charge on any atom is 0.152 e. The van der Waals surface area contributed by atoms with Gasteiger partial charge in [-0.2, -0.15) is 0 Å². The number of hydrogen-bond acceptors (Lipinski definition) is 4. The molecular weight excluding hydrogens is 260 g/mol. The molecule has 0 atom stereocenters. The van der Waals surface area contributed by atoms with Crippen LogP contribution in [0.5, 0.6) is 0 Å². The first-order chi connectivity index (χ1) is 10.3. The number of aromatic nitrogens is 2. The molecule has 0 spiro atoms. The van der Waals surface area contributed by atoms with Crippen LogP contribution < -0.4 is 11.1 Å². The Hall–Kier alpha value is -2.88. The molecule has 3 rings (SSSR count). The number of nitrogens with two attached hydrogens (primary N) is 1. The largest absolute Gasteiger partial charge is 0.399 e. The first-order valence-electron chi connectivity index (χ1n) is 6.77. The Morgan fingerprint density at radius 3 is 2.52 bits per heavy atom. The Balaban J connectivity index is 1.86. The van der Waals surface area contributed by atoms with E-state index in [0.29, 0.717) is 12.2 Å². The Morgan fingerprint density at radius 2 is 1.71 bits per heavy atom. The van der Waals surface area contributed by atoms with Crippen LogP contribution in [-0.2, 0) is 6.54 Å². The third kappa shape index (κ3) is 3.17. The van der Waals surface area contributed by atoms with Gasteiger partial charge in [0.1, 0.15) is 5.69 Å². The van der Waals surface area contributed by atoms with Crippen molar-refractivity contribution in [1.29, 1.82) is 0 Å². The highest BCUT2D eigenvalue weighted by Gasteiger charge is 2.07. The Kier molecular flexibility index (Phi) is 3.78. The molecule has 0 amide bonds. The lowest BCUT2D eigenvalue weighted by molar-refractivity contribution is 1.09. The van der Waals surface area contributed by atoms with Crippen molar-refractivity contribution in [3.8, 4) is 11.3 Å². The summed E-state index contributed by atoms with van der Waals surface area (Å²) < 4.78 is 0. The molecule has 0 aliphatic rings. The summed E-state index contributed by atoms with van der Waals surface area (Å²) in [5.74, 6) is 0.756. The van der Waals surface area contributed by atoms with Gasteiger partial charge >= 0.3 is 0 Å². The van der Waals surface area contributed by atoms with Gasteiger partial charge in [-0.3, -0.25) is 4.98 Å². The van der Waals surface area contributed by atoms with Crippen LogP contribution >= 0.6 is 0 Å². The number of nitrogens with one attached hydrogen (secondary N) is 1. The summed E-state index contributed by atoms with van der Waals surface area (Å²) in [6, 6.07) is 17.8. The molecule has 1 aromatic heterocycles. The third-order valence-electron chi connectivity index (χ3n) is 3.16. The fourth-order valence-corrected chi connectivity index (χ4v) is 2.15. The normalized spacial score (nSPS) is 10.3. The van der Waals surface area contributed by atoms with Crippen molar-refractivity contribution in [3.05, 3.63) is 72.6 Å². The Morgan fingerprint density at radius 1 is 0.905 bits per heavy atom. The van der Waals surface area contributed by atoms with Gasteiger partial charge in [0, 0.05) is 30.2 Å². The highest BCUT2D eigenvalue weighted by molar-refractivity contribution is 5.73. The lowest BCUT2D eigenvalue weighted by Crippen LogP contribution is -2.04. The van der Waals surface area contributed by atoms with Gasteiger partial charge in [0.05, 0.1) is 0 Å². The van der Waals surface area contributed by atoms with Crippen molar-refractivity contribution in [2.24, 2.45) is 0 Å². The standard InChI is InChI=1S/C17H16N4/c18-15-8-4-7-14(11-15)16-17(20-10-9-19-16)21-12-13-5-2-1-3-6-13/h1-11H,12,18H2,(H,20,21). The smallest absolute Gasteiger partial charge is 0.152 e. The number of anilines is 2. The minimum absolute atomic E-state index is 0.703. The van der Waals surface area contributed by atoms with E-state index in [4.69, 9.17) is 5.73 Å². The monoisotopic (exact) mass is 276 g/mol. The van der Waals surface area contributed by atoms with Gasteiger partial charge in [-0.15, -0.1) is 0 Å². The van der Waals surface area contributed by atoms with Gasteiger partial charge in [0.25, 0.3) is 0 Å². The summed E-state index contributed by atoms with van der Waals surface area (Å²) in [4.78, 5) is 8.81. The summed E-state index contributed by atoms with van der Waals surface area (Å²) in [6.45, 7) is 0.703. The number of nitrogens with zero attached hydrogens (tertiary/aromatic N) is 2. The van der Waals surface area contributed by atoms with Crippen LogP contribution in [0.3, 0.4) is 0 Å². The molecule has 21 heavy (non-hydrogen) atoms. The van der Waals surface area contributed by atoms with E-state index >= 15 is 0 Å². The van der Waals surface area contributed by atoms with Crippen LogP contribution in [0.2, 0.25) is 0 Å². The third-order valence-corrected chi connectivity index (χ3v) is 3.16. The summed E-state index contributed by atoms with van der Waals surface area (Å²) in [5.41, 5.74) is 9.52. The van der Waals surface area contributed by atoms with Gasteiger partial charge in [-0.05, 0) is 17.7 Å². The minimum atomic E-state index is 0.703. The number of hydrogen-bond donors (Lipinski definition) is 2. The molecule has 104 valence electrons. The average Bonchev–Trinajstić information content (AvgIpc) is 2.54. The number of nitrogen functional groups attached to an aromatic ring is 1. The molecule has 0 unspecified atom stereocenters. The molecule has 0 fully saturated rings. The van der Waals surface area contributed by atoms with Crippen molar-refractivity contribution in [1.82, 2.24) is 9.97 Å². The maximum absolute atomic E-state index is 5.84. The molecule has 4 nitrogen and oxygen atoms in total. The highest BCUT2D eigenvalue weighted by atomic mass is 15.0. The topological polar surface area (TPSA) is 63.8 Å². The second-order valence-electron chi connectivity index (χ2n) is 4.72. The molecule has 0 bridgehead atoms. The lowest BCUT2D eigenvalue weighted by atomic mass is 10.1. The van der Waals surface area contributed by atoms with Gasteiger partial charge < -0.3 is 11.1 Å². The zero-order chi connectivity index (χ0) is 14.5. The van der Waals surface area contributed by atoms with Gasteiger partial charge in [0.2, 0.25) is 0 Å². The summed E-state index contributed by atoms with van der Waals surface area (Å²) in [7, 11) is 0. The predicted molar refractivity (Wildman–Crippen MR) is 85.6 cm³/mol. The molecule has 3 aromatic rings. The summed E-state index contributed by atoms with van der Waals surface area (Å²) in [5, 5.41) is 3.33. The van der Waals surface area contributed by atoms with E-state index in [2.05, 4.69) is 27.4 Å². The van der Waals surface area contributed by atoms with Crippen LogP contribution in [0.25, 0.3) is 11.3 Å². The first-order valence-corrected chi connectivity index (χ1v) is 6.77. The number of benzene rings is 2. The van der Waals surface area contributed by atoms with Crippen molar-refractivity contribution in [2.75, 3.05) is 11.1 Å². The molecular formula is C17H16N4. The molecule has 0 aliphatic carbocycles. The predicted octanol–water partition coefficient (Wildman–Crippen LogP) is 3.34. The van der Waals surface area contributed by atoms with Crippen molar-refractivity contribution < 1.29 is 0 Å². The van der Waals surface area contributed by atoms with Crippen molar-refractivity contribution in [3.63, 3.8) is 0 Å². The second kappa shape index (κ2) is 6.05. The second-order valence-corrected chi connectivity index (χ2v) is 4.72. The van der Waals surface area contributed by atoms with Gasteiger partial charge in [0.15, 0.2) is 5.82 Å². The van der Waals surface area contributed by atoms with Crippen molar-refractivity contribution in [2.45, 2.75) is 6.54 Å². The molecule has 0 saturated carbocycles. The fourth-order valence-electron chi connectivity index (χ4n) is 2.15. The van der Waals surface area contributed by atoms with Crippen LogP contribution in [0.15, 0.2) is 67.0 Å². The molecule has 0 radical (unpaired) electrons. The van der Waals surface area contributed by atoms with Crippen LogP contribution in [0.1, 0.15) is 5.56 Å². The number of rotatable bonds is 4. The molecule has 4 heteroatoms. The van der Waals surface area contributed by atoms with E-state index < -0.39 is 0 Å². The Bertz CT molecular complexity index is 726.